The van der Waals surface area contributed by atoms with Gasteiger partial charge in [-0.25, -0.2) is 9.37 Å². The molecule has 3 N–H and O–H groups in total. The van der Waals surface area contributed by atoms with Crippen molar-refractivity contribution in [3.8, 4) is 0 Å². The van der Waals surface area contributed by atoms with Crippen LogP contribution >= 0.6 is 0 Å². The minimum atomic E-state index is -1.28. The van der Waals surface area contributed by atoms with Crippen molar-refractivity contribution in [2.45, 2.75) is 12.8 Å². The molecule has 2 aromatic carbocycles. The number of rotatable bonds is 10. The van der Waals surface area contributed by atoms with Crippen LogP contribution < -0.4 is 20.9 Å². The Morgan fingerprint density at radius 3 is 2.19 bits per heavy atom. The first kappa shape index (κ1) is 25.1. The highest BCUT2D eigenvalue weighted by atomic mass is 19.1. The first-order chi connectivity index (χ1) is 17.2. The molecule has 9 nitrogen and oxygen atoms in total. The number of benzene rings is 2. The van der Waals surface area contributed by atoms with Gasteiger partial charge in [0.1, 0.15) is 17.1 Å². The first-order valence-electron chi connectivity index (χ1n) is 11.7. The molecule has 3 aromatic rings. The number of halogens is 1. The normalized spacial score (nSPS) is 13.8. The molecule has 0 radical (unpaired) electrons. The van der Waals surface area contributed by atoms with E-state index in [-0.39, 0.29) is 11.8 Å². The molecule has 0 spiro atoms. The molecule has 0 unspecified atom stereocenters. The summed E-state index contributed by atoms with van der Waals surface area (Å²) in [4.78, 5) is 39.9. The van der Waals surface area contributed by atoms with E-state index < -0.39 is 23.0 Å². The van der Waals surface area contributed by atoms with Crippen molar-refractivity contribution >= 4 is 40.6 Å². The van der Waals surface area contributed by atoms with Crippen molar-refractivity contribution in [3.05, 3.63) is 66.6 Å². The summed E-state index contributed by atoms with van der Waals surface area (Å²) in [5, 5.41) is 3.15. The summed E-state index contributed by atoms with van der Waals surface area (Å²) in [6.45, 7) is 1.84. The molecule has 1 saturated carbocycles. The van der Waals surface area contributed by atoms with Gasteiger partial charge < -0.3 is 20.9 Å². The Bertz CT molecular complexity index is 1230. The molecule has 0 aliphatic heterocycles. The standard InChI is InChI=1S/C26H30FN7O2/c1-32(2)16-17-33(3)20-10-6-19(7-11-20)30-25-29-15-12-22(31-25)34(21-8-4-18(27)5-9-21)24(36)26(13-14-26)23(28)35/h4-12,15H,13-14,16-17H2,1-3H3,(H2,28,35)(H,29,30,31). The Kier molecular flexibility index (Phi) is 7.16. The van der Waals surface area contributed by atoms with E-state index >= 15 is 0 Å². The van der Waals surface area contributed by atoms with Gasteiger partial charge in [-0.15, -0.1) is 0 Å². The van der Waals surface area contributed by atoms with Crippen LogP contribution in [0.1, 0.15) is 12.8 Å². The Labute approximate surface area is 209 Å². The largest absolute Gasteiger partial charge is 0.373 e. The van der Waals surface area contributed by atoms with Crippen molar-refractivity contribution in [3.63, 3.8) is 0 Å². The van der Waals surface area contributed by atoms with Crippen molar-refractivity contribution in [2.75, 3.05) is 49.3 Å². The van der Waals surface area contributed by atoms with Gasteiger partial charge in [0.05, 0.1) is 5.69 Å². The number of amides is 2. The SMILES string of the molecule is CN(C)CCN(C)c1ccc(Nc2nccc(N(C(=O)C3(C(N)=O)CC3)c3ccc(F)cc3)n2)cc1. The molecule has 2 amide bonds. The van der Waals surface area contributed by atoms with Crippen molar-refractivity contribution in [1.29, 1.82) is 0 Å². The zero-order chi connectivity index (χ0) is 25.9. The molecule has 0 bridgehead atoms. The van der Waals surface area contributed by atoms with E-state index in [0.29, 0.717) is 18.5 Å². The van der Waals surface area contributed by atoms with Crippen LogP contribution in [-0.2, 0) is 9.59 Å². The van der Waals surface area contributed by atoms with Crippen LogP contribution in [0, 0.1) is 11.2 Å². The second-order valence-corrected chi connectivity index (χ2v) is 9.20. The summed E-state index contributed by atoms with van der Waals surface area (Å²) in [6, 6.07) is 14.8. The maximum absolute atomic E-state index is 13.6. The third-order valence-electron chi connectivity index (χ3n) is 6.24. The number of nitrogens with two attached hydrogens (primary N) is 1. The Balaban J connectivity index is 1.57. The van der Waals surface area contributed by atoms with Crippen LogP contribution in [0.3, 0.4) is 0 Å². The molecule has 188 valence electrons. The van der Waals surface area contributed by atoms with Crippen LogP contribution in [0.25, 0.3) is 0 Å². The number of nitrogens with one attached hydrogen (secondary N) is 1. The van der Waals surface area contributed by atoms with E-state index in [2.05, 4.69) is 25.1 Å². The lowest BCUT2D eigenvalue weighted by Gasteiger charge is -2.25. The lowest BCUT2D eigenvalue weighted by molar-refractivity contribution is -0.133. The van der Waals surface area contributed by atoms with Gasteiger partial charge in [0, 0.05) is 43.8 Å². The van der Waals surface area contributed by atoms with Gasteiger partial charge in [-0.05, 0) is 75.5 Å². The second-order valence-electron chi connectivity index (χ2n) is 9.20. The van der Waals surface area contributed by atoms with Crippen molar-refractivity contribution in [1.82, 2.24) is 14.9 Å². The van der Waals surface area contributed by atoms with Gasteiger partial charge in [-0.3, -0.25) is 14.5 Å². The Hall–Kier alpha value is -4.05. The van der Waals surface area contributed by atoms with E-state index in [1.165, 1.54) is 35.4 Å². The highest BCUT2D eigenvalue weighted by Crippen LogP contribution is 2.48. The van der Waals surface area contributed by atoms with E-state index in [1.807, 2.05) is 45.4 Å². The van der Waals surface area contributed by atoms with Crippen molar-refractivity contribution in [2.24, 2.45) is 11.1 Å². The fraction of sp³-hybridized carbons (Fsp3) is 0.308. The second kappa shape index (κ2) is 10.3. The predicted octanol–water partition coefficient (Wildman–Crippen LogP) is 3.29. The topological polar surface area (TPSA) is 108 Å². The molecular formula is C26H30FN7O2. The fourth-order valence-electron chi connectivity index (χ4n) is 3.79. The van der Waals surface area contributed by atoms with Gasteiger partial charge >= 0.3 is 0 Å². The molecule has 1 heterocycles. The maximum atomic E-state index is 13.6. The summed E-state index contributed by atoms with van der Waals surface area (Å²) >= 11 is 0. The average molecular weight is 492 g/mol. The Morgan fingerprint density at radius 2 is 1.61 bits per heavy atom. The van der Waals surface area contributed by atoms with Gasteiger partial charge in [0.15, 0.2) is 0 Å². The smallest absolute Gasteiger partial charge is 0.248 e. The monoisotopic (exact) mass is 491 g/mol. The van der Waals surface area contributed by atoms with Crippen LogP contribution in [-0.4, -0.2) is 60.9 Å². The molecule has 1 aliphatic carbocycles. The predicted molar refractivity (Wildman–Crippen MR) is 138 cm³/mol. The van der Waals surface area contributed by atoms with Crippen LogP contribution in [0.2, 0.25) is 0 Å². The van der Waals surface area contributed by atoms with Crippen LogP contribution in [0.4, 0.5) is 33.2 Å². The zero-order valence-electron chi connectivity index (χ0n) is 20.6. The highest BCUT2D eigenvalue weighted by Gasteiger charge is 2.57. The number of carbonyl (C=O) groups is 2. The zero-order valence-corrected chi connectivity index (χ0v) is 20.6. The quantitative estimate of drug-likeness (QED) is 0.419. The lowest BCUT2D eigenvalue weighted by atomic mass is 10.0. The molecule has 0 saturated heterocycles. The number of aromatic nitrogens is 2. The van der Waals surface area contributed by atoms with Crippen LogP contribution in [0.15, 0.2) is 60.8 Å². The van der Waals surface area contributed by atoms with E-state index in [1.54, 1.807) is 6.07 Å². The Morgan fingerprint density at radius 1 is 0.972 bits per heavy atom. The number of hydrogen-bond acceptors (Lipinski definition) is 7. The van der Waals surface area contributed by atoms with E-state index in [0.717, 1.165) is 24.5 Å². The molecule has 36 heavy (non-hydrogen) atoms. The number of likely N-dealkylation sites (N-methyl/N-ethyl adjacent to an activating group) is 2. The van der Waals surface area contributed by atoms with Gasteiger partial charge in [-0.2, -0.15) is 4.98 Å². The third kappa shape index (κ3) is 5.44. The minimum Gasteiger partial charge on any atom is -0.373 e. The fourth-order valence-corrected chi connectivity index (χ4v) is 3.79. The van der Waals surface area contributed by atoms with E-state index in [9.17, 15) is 14.0 Å². The summed E-state index contributed by atoms with van der Waals surface area (Å²) in [5.41, 5.74) is 6.50. The first-order valence-corrected chi connectivity index (χ1v) is 11.7. The molecule has 1 aliphatic rings. The summed E-state index contributed by atoms with van der Waals surface area (Å²) in [6.07, 6.45) is 2.25. The summed E-state index contributed by atoms with van der Waals surface area (Å²) in [7, 11) is 6.12. The van der Waals surface area contributed by atoms with Gasteiger partial charge in [0.25, 0.3) is 0 Å². The minimum absolute atomic E-state index is 0.247. The number of anilines is 5. The molecule has 10 heteroatoms. The summed E-state index contributed by atoms with van der Waals surface area (Å²) < 4.78 is 13.6. The van der Waals surface area contributed by atoms with E-state index in [4.69, 9.17) is 5.73 Å². The molecule has 0 atom stereocenters. The molecular weight excluding hydrogens is 461 g/mol. The summed E-state index contributed by atoms with van der Waals surface area (Å²) in [5.74, 6) is -1.09. The number of hydrogen-bond donors (Lipinski definition) is 2. The lowest BCUT2D eigenvalue weighted by Crippen LogP contribution is -2.41. The number of primary amides is 1. The average Bonchev–Trinajstić information content (AvgIpc) is 3.67. The highest BCUT2D eigenvalue weighted by molar-refractivity contribution is 6.16. The van der Waals surface area contributed by atoms with Crippen LogP contribution in [0.5, 0.6) is 0 Å². The molecule has 4 rings (SSSR count). The number of carbonyl (C=O) groups excluding carboxylic acids is 2. The molecule has 1 fully saturated rings. The molecule has 1 aromatic heterocycles. The number of nitrogens with zero attached hydrogens (tertiary/aromatic N) is 5. The third-order valence-corrected chi connectivity index (χ3v) is 6.24. The maximum Gasteiger partial charge on any atom is 0.248 e. The van der Waals surface area contributed by atoms with Gasteiger partial charge in [0.2, 0.25) is 17.8 Å². The van der Waals surface area contributed by atoms with Gasteiger partial charge in [-0.1, -0.05) is 0 Å². The van der Waals surface area contributed by atoms with Crippen molar-refractivity contribution < 1.29 is 14.0 Å².